The van der Waals surface area contributed by atoms with Crippen LogP contribution < -0.4 is 0 Å². The highest BCUT2D eigenvalue weighted by molar-refractivity contribution is 5.73. The Balaban J connectivity index is 2.72. The molecule has 0 aliphatic carbocycles. The number of hydrogen-bond acceptors (Lipinski definition) is 1. The molecule has 0 bridgehead atoms. The minimum atomic E-state index is -0.672. The van der Waals surface area contributed by atoms with Crippen LogP contribution in [0.15, 0.2) is 36.4 Å². The SMILES string of the molecule is [2H]C(=O)/C=C/c1ccccc1. The van der Waals surface area contributed by atoms with E-state index in [4.69, 9.17) is 1.37 Å². The first-order chi connectivity index (χ1) is 5.29. The van der Waals surface area contributed by atoms with Crippen molar-refractivity contribution in [1.82, 2.24) is 0 Å². The van der Waals surface area contributed by atoms with Crippen molar-refractivity contribution in [2.45, 2.75) is 0 Å². The van der Waals surface area contributed by atoms with Gasteiger partial charge in [0.1, 0.15) is 7.63 Å². The van der Waals surface area contributed by atoms with Crippen molar-refractivity contribution < 1.29 is 6.17 Å². The molecule has 0 radical (unpaired) electrons. The van der Waals surface area contributed by atoms with Crippen LogP contribution in [0.2, 0.25) is 0 Å². The average molecular weight is 133 g/mol. The van der Waals surface area contributed by atoms with Crippen LogP contribution in [0.3, 0.4) is 0 Å². The molecule has 0 aliphatic rings. The number of carbonyl (C=O) groups is 1. The summed E-state index contributed by atoms with van der Waals surface area (Å²) in [6.07, 6.45) is 2.18. The minimum Gasteiger partial charge on any atom is -0.299 e. The highest BCUT2D eigenvalue weighted by Crippen LogP contribution is 1.99. The molecule has 0 heterocycles. The van der Waals surface area contributed by atoms with Crippen LogP contribution >= 0.6 is 0 Å². The first-order valence-electron chi connectivity index (χ1n) is 3.53. The van der Waals surface area contributed by atoms with E-state index in [1.807, 2.05) is 30.3 Å². The zero-order valence-corrected chi connectivity index (χ0v) is 5.45. The number of hydrogen-bond donors (Lipinski definition) is 0. The Labute approximate surface area is 61.4 Å². The maximum atomic E-state index is 10.2. The van der Waals surface area contributed by atoms with Crippen LogP contribution in [-0.2, 0) is 4.79 Å². The summed E-state index contributed by atoms with van der Waals surface area (Å²) in [5.74, 6) is 0. The summed E-state index contributed by atoms with van der Waals surface area (Å²) in [6, 6.07) is 9.42. The van der Waals surface area contributed by atoms with E-state index < -0.39 is 6.26 Å². The van der Waals surface area contributed by atoms with Crippen LogP contribution in [0.4, 0.5) is 0 Å². The van der Waals surface area contributed by atoms with E-state index in [1.165, 1.54) is 6.08 Å². The van der Waals surface area contributed by atoms with E-state index in [0.29, 0.717) is 0 Å². The Kier molecular flexibility index (Phi) is 1.96. The van der Waals surface area contributed by atoms with Gasteiger partial charge >= 0.3 is 0 Å². The second-order valence-corrected chi connectivity index (χ2v) is 1.86. The van der Waals surface area contributed by atoms with E-state index in [2.05, 4.69) is 0 Å². The summed E-state index contributed by atoms with van der Waals surface area (Å²) in [5, 5.41) is 0. The molecule has 0 atom stereocenters. The molecule has 0 aliphatic heterocycles. The lowest BCUT2D eigenvalue weighted by Gasteiger charge is -1.86. The Morgan fingerprint density at radius 1 is 1.30 bits per heavy atom. The van der Waals surface area contributed by atoms with Gasteiger partial charge in [-0.2, -0.15) is 0 Å². The molecule has 0 aromatic heterocycles. The van der Waals surface area contributed by atoms with Crippen molar-refractivity contribution in [2.24, 2.45) is 0 Å². The van der Waals surface area contributed by atoms with Crippen molar-refractivity contribution in [3.63, 3.8) is 0 Å². The van der Waals surface area contributed by atoms with Gasteiger partial charge in [-0.3, -0.25) is 4.79 Å². The summed E-state index contributed by atoms with van der Waals surface area (Å²) in [7, 11) is 0. The second-order valence-electron chi connectivity index (χ2n) is 1.86. The van der Waals surface area contributed by atoms with Crippen LogP contribution in [0, 0.1) is 0 Å². The number of benzene rings is 1. The first-order valence-corrected chi connectivity index (χ1v) is 3.03. The second kappa shape index (κ2) is 3.62. The lowest BCUT2D eigenvalue weighted by atomic mass is 10.2. The van der Waals surface area contributed by atoms with Gasteiger partial charge in [0.2, 0.25) is 0 Å². The maximum absolute atomic E-state index is 10.2. The highest BCUT2D eigenvalue weighted by atomic mass is 16.1. The molecule has 0 amide bonds. The molecule has 0 spiro atoms. The molecule has 10 heavy (non-hydrogen) atoms. The molecule has 1 rings (SSSR count). The summed E-state index contributed by atoms with van der Waals surface area (Å²) >= 11 is 0. The monoisotopic (exact) mass is 133 g/mol. The predicted octanol–water partition coefficient (Wildman–Crippen LogP) is 1.90. The van der Waals surface area contributed by atoms with Crippen molar-refractivity contribution in [1.29, 1.82) is 0 Å². The number of carbonyl (C=O) groups excluding carboxylic acids is 1. The molecule has 1 aromatic carbocycles. The third-order valence-electron chi connectivity index (χ3n) is 1.14. The van der Waals surface area contributed by atoms with Crippen LogP contribution in [0.1, 0.15) is 6.93 Å². The fourth-order valence-corrected chi connectivity index (χ4v) is 0.694. The van der Waals surface area contributed by atoms with E-state index >= 15 is 0 Å². The van der Waals surface area contributed by atoms with Gasteiger partial charge < -0.3 is 0 Å². The minimum absolute atomic E-state index is 0.672. The van der Waals surface area contributed by atoms with Gasteiger partial charge in [0.15, 0.2) is 0 Å². The van der Waals surface area contributed by atoms with Crippen molar-refractivity contribution in [2.75, 3.05) is 0 Å². The van der Waals surface area contributed by atoms with Crippen molar-refractivity contribution >= 4 is 12.3 Å². The first kappa shape index (κ1) is 5.42. The van der Waals surface area contributed by atoms with E-state index in [-0.39, 0.29) is 0 Å². The van der Waals surface area contributed by atoms with Crippen LogP contribution in [0.5, 0.6) is 0 Å². The van der Waals surface area contributed by atoms with Crippen molar-refractivity contribution in [3.05, 3.63) is 42.0 Å². The quantitative estimate of drug-likeness (QED) is 0.445. The van der Waals surface area contributed by atoms with E-state index in [1.54, 1.807) is 6.08 Å². The summed E-state index contributed by atoms with van der Waals surface area (Å²) < 4.78 is 6.60. The van der Waals surface area contributed by atoms with Gasteiger partial charge in [-0.25, -0.2) is 0 Å². The summed E-state index contributed by atoms with van der Waals surface area (Å²) in [4.78, 5) is 10.2. The summed E-state index contributed by atoms with van der Waals surface area (Å²) in [6.45, 7) is 0. The Morgan fingerprint density at radius 2 is 2.00 bits per heavy atom. The van der Waals surface area contributed by atoms with Gasteiger partial charge in [0.05, 0.1) is 0 Å². The number of allylic oxidation sites excluding steroid dienone is 1. The normalized spacial score (nSPS) is 11.4. The van der Waals surface area contributed by atoms with Gasteiger partial charge in [-0.05, 0) is 11.6 Å². The molecular formula is C9H8O. The maximum Gasteiger partial charge on any atom is 0.142 e. The van der Waals surface area contributed by atoms with E-state index in [0.717, 1.165) is 5.56 Å². The predicted molar refractivity (Wildman–Crippen MR) is 41.5 cm³/mol. The molecule has 0 N–H and O–H groups in total. The molecule has 1 heteroatoms. The summed E-state index contributed by atoms with van der Waals surface area (Å²) in [5.41, 5.74) is 0.938. The Morgan fingerprint density at radius 3 is 2.60 bits per heavy atom. The van der Waals surface area contributed by atoms with Gasteiger partial charge in [0, 0.05) is 0 Å². The molecule has 1 aromatic rings. The van der Waals surface area contributed by atoms with Gasteiger partial charge in [0.25, 0.3) is 0 Å². The van der Waals surface area contributed by atoms with Crippen molar-refractivity contribution in [3.8, 4) is 0 Å². The molecular weight excluding hydrogens is 124 g/mol. The van der Waals surface area contributed by atoms with Crippen LogP contribution in [0.25, 0.3) is 6.08 Å². The molecule has 0 fully saturated rings. The lowest BCUT2D eigenvalue weighted by Crippen LogP contribution is -1.67. The standard InChI is InChI=1S/C9H8O/c10-8-4-7-9-5-2-1-3-6-9/h1-8H/b7-4+/i8D. The zero-order chi connectivity index (χ0) is 8.10. The molecule has 0 saturated carbocycles. The largest absolute Gasteiger partial charge is 0.299 e. The van der Waals surface area contributed by atoms with Crippen LogP contribution in [-0.4, -0.2) is 6.26 Å². The molecule has 0 unspecified atom stereocenters. The Bertz CT molecular complexity index is 264. The lowest BCUT2D eigenvalue weighted by molar-refractivity contribution is -0.104. The zero-order valence-electron chi connectivity index (χ0n) is 6.45. The Hall–Kier alpha value is -1.37. The number of aldehydes is 1. The average Bonchev–Trinajstić information content (AvgIpc) is 2.03. The van der Waals surface area contributed by atoms with Gasteiger partial charge in [-0.15, -0.1) is 0 Å². The smallest absolute Gasteiger partial charge is 0.142 e. The number of rotatable bonds is 2. The molecule has 50 valence electrons. The van der Waals surface area contributed by atoms with E-state index in [9.17, 15) is 4.79 Å². The topological polar surface area (TPSA) is 17.1 Å². The third-order valence-corrected chi connectivity index (χ3v) is 1.14. The molecule has 0 saturated heterocycles. The third kappa shape index (κ3) is 1.86. The van der Waals surface area contributed by atoms with Gasteiger partial charge in [-0.1, -0.05) is 36.4 Å². The molecule has 1 nitrogen and oxygen atoms in total. The fourth-order valence-electron chi connectivity index (χ4n) is 0.694. The fraction of sp³-hybridized carbons (Fsp3) is 0. The highest BCUT2D eigenvalue weighted by Gasteiger charge is 1.79.